The van der Waals surface area contributed by atoms with Gasteiger partial charge in [-0.2, -0.15) is 58.9 Å². The zero-order valence-electron chi connectivity index (χ0n) is 22.3. The number of benzene rings is 4. The fourth-order valence-corrected chi connectivity index (χ4v) is 9.31. The zero-order chi connectivity index (χ0) is 36.8. The van der Waals surface area contributed by atoms with Crippen molar-refractivity contribution in [2.45, 2.75) is 34.3 Å². The van der Waals surface area contributed by atoms with Gasteiger partial charge in [-0.25, -0.2) is 0 Å². The lowest BCUT2D eigenvalue weighted by Gasteiger charge is -2.16. The van der Waals surface area contributed by atoms with Crippen molar-refractivity contribution in [2.24, 2.45) is 0 Å². The van der Waals surface area contributed by atoms with Crippen LogP contribution in [-0.4, -0.2) is 86.2 Å². The molecule has 262 valence electrons. The molecule has 0 radical (unpaired) electrons. The standard InChI is InChI=1S/C20H14O21S7/c21-42(22,23)10-1-9-2-20(47(36,37)38)16(8-13(9)17(5-10)45(30,31)32)41-48(39,40)19-7-12(44(27,28)29)3-14-15(19)4-11(43(24,25)26)6-18(14)46(33,34)35/h1-8H,(H,21,22,23)(H,24,25,26)(H,27,28,29)(H,30,31,32)(H,33,34,35)(H,36,37,38). The summed E-state index contributed by atoms with van der Waals surface area (Å²) in [6, 6.07) is 1.51. The van der Waals surface area contributed by atoms with E-state index in [1.54, 1.807) is 0 Å². The lowest BCUT2D eigenvalue weighted by atomic mass is 10.1. The monoisotopic (exact) mass is 814 g/mol. The molecular weight excluding hydrogens is 801 g/mol. The molecule has 4 rings (SSSR count). The van der Waals surface area contributed by atoms with Crippen LogP contribution >= 0.6 is 0 Å². The summed E-state index contributed by atoms with van der Waals surface area (Å²) in [4.78, 5) is -10.3. The summed E-state index contributed by atoms with van der Waals surface area (Å²) < 4.78 is 233. The number of hydrogen-bond donors (Lipinski definition) is 6. The van der Waals surface area contributed by atoms with Gasteiger partial charge in [-0.3, -0.25) is 27.3 Å². The van der Waals surface area contributed by atoms with Crippen LogP contribution in [0.5, 0.6) is 5.75 Å². The van der Waals surface area contributed by atoms with Crippen LogP contribution in [0.15, 0.2) is 82.8 Å². The van der Waals surface area contributed by atoms with Crippen LogP contribution in [0.4, 0.5) is 0 Å². The quantitative estimate of drug-likeness (QED) is 0.0973. The average molecular weight is 815 g/mol. The first kappa shape index (κ1) is 37.4. The lowest BCUT2D eigenvalue weighted by Crippen LogP contribution is -2.15. The van der Waals surface area contributed by atoms with Crippen molar-refractivity contribution < 1.29 is 90.4 Å². The fraction of sp³-hybridized carbons (Fsp3) is 0. The highest BCUT2D eigenvalue weighted by Gasteiger charge is 2.32. The average Bonchev–Trinajstić information content (AvgIpc) is 2.87. The minimum atomic E-state index is -5.93. The van der Waals surface area contributed by atoms with E-state index in [4.69, 9.17) is 4.18 Å². The Balaban J connectivity index is 2.20. The van der Waals surface area contributed by atoms with E-state index in [9.17, 15) is 86.2 Å². The second-order valence-electron chi connectivity index (χ2n) is 9.27. The van der Waals surface area contributed by atoms with Crippen LogP contribution in [0.3, 0.4) is 0 Å². The van der Waals surface area contributed by atoms with Gasteiger partial charge in [0.1, 0.15) is 19.6 Å². The normalized spacial score (nSPS) is 14.0. The van der Waals surface area contributed by atoms with E-state index in [2.05, 4.69) is 0 Å². The van der Waals surface area contributed by atoms with Crippen LogP contribution < -0.4 is 4.18 Å². The Morgan fingerprint density at radius 1 is 0.354 bits per heavy atom. The number of hydrogen-bond acceptors (Lipinski definition) is 15. The smallest absolute Gasteiger partial charge is 0.339 e. The molecule has 0 saturated carbocycles. The summed E-state index contributed by atoms with van der Waals surface area (Å²) in [5.74, 6) is -1.58. The highest BCUT2D eigenvalue weighted by molar-refractivity contribution is 7.88. The van der Waals surface area contributed by atoms with Crippen molar-refractivity contribution in [3.63, 3.8) is 0 Å². The van der Waals surface area contributed by atoms with Gasteiger partial charge in [0, 0.05) is 16.2 Å². The Labute approximate surface area is 270 Å². The molecule has 4 aromatic carbocycles. The maximum Gasteiger partial charge on any atom is 0.339 e. The van der Waals surface area contributed by atoms with Crippen molar-refractivity contribution in [1.29, 1.82) is 0 Å². The molecule has 0 amide bonds. The summed E-state index contributed by atoms with van der Waals surface area (Å²) in [5.41, 5.74) is 0. The molecule has 0 aliphatic carbocycles. The van der Waals surface area contributed by atoms with Gasteiger partial charge < -0.3 is 4.18 Å². The maximum atomic E-state index is 13.6. The topological polar surface area (TPSA) is 370 Å². The second kappa shape index (κ2) is 11.3. The molecule has 28 heteroatoms. The molecule has 0 spiro atoms. The molecular formula is C20H14O21S7. The molecule has 21 nitrogen and oxygen atoms in total. The third-order valence-electron chi connectivity index (χ3n) is 6.09. The minimum Gasteiger partial charge on any atom is -0.377 e. The highest BCUT2D eigenvalue weighted by atomic mass is 32.2. The lowest BCUT2D eigenvalue weighted by molar-refractivity contribution is 0.462. The maximum absolute atomic E-state index is 13.6. The summed E-state index contributed by atoms with van der Waals surface area (Å²) in [6.07, 6.45) is 0. The van der Waals surface area contributed by atoms with Crippen molar-refractivity contribution in [3.8, 4) is 5.75 Å². The molecule has 0 aromatic heterocycles. The Kier molecular flexibility index (Phi) is 8.83. The zero-order valence-corrected chi connectivity index (χ0v) is 28.0. The Morgan fingerprint density at radius 2 is 0.708 bits per heavy atom. The van der Waals surface area contributed by atoms with Crippen LogP contribution in [0.25, 0.3) is 21.5 Å². The molecule has 0 heterocycles. The molecule has 0 bridgehead atoms. The summed E-state index contributed by atoms with van der Waals surface area (Å²) >= 11 is 0. The first-order chi connectivity index (χ1) is 21.3. The van der Waals surface area contributed by atoms with Gasteiger partial charge in [-0.15, -0.1) is 0 Å². The summed E-state index contributed by atoms with van der Waals surface area (Å²) in [5, 5.41) is -4.08. The van der Waals surface area contributed by atoms with Crippen molar-refractivity contribution in [3.05, 3.63) is 48.5 Å². The largest absolute Gasteiger partial charge is 0.377 e. The van der Waals surface area contributed by atoms with E-state index >= 15 is 0 Å². The molecule has 0 unspecified atom stereocenters. The van der Waals surface area contributed by atoms with Gasteiger partial charge in [-0.05, 0) is 53.9 Å². The van der Waals surface area contributed by atoms with E-state index in [-0.39, 0.29) is 42.5 Å². The fourth-order valence-electron chi connectivity index (χ4n) is 4.17. The van der Waals surface area contributed by atoms with Gasteiger partial charge in [0.15, 0.2) is 5.75 Å². The minimum absolute atomic E-state index is 0.0186. The van der Waals surface area contributed by atoms with Crippen LogP contribution in [-0.2, 0) is 70.8 Å². The molecule has 0 aliphatic heterocycles. The van der Waals surface area contributed by atoms with Gasteiger partial charge in [0.05, 0.1) is 14.7 Å². The van der Waals surface area contributed by atoms with Crippen molar-refractivity contribution >= 4 is 92.4 Å². The third kappa shape index (κ3) is 7.44. The van der Waals surface area contributed by atoms with Gasteiger partial charge in [-0.1, -0.05) is 0 Å². The third-order valence-corrected chi connectivity index (χ3v) is 12.5. The molecule has 48 heavy (non-hydrogen) atoms. The molecule has 0 aliphatic rings. The van der Waals surface area contributed by atoms with Crippen LogP contribution in [0, 0.1) is 0 Å². The van der Waals surface area contributed by atoms with Crippen LogP contribution in [0.2, 0.25) is 0 Å². The molecule has 0 fully saturated rings. The first-order valence-electron chi connectivity index (χ1n) is 11.3. The highest BCUT2D eigenvalue weighted by Crippen LogP contribution is 2.39. The van der Waals surface area contributed by atoms with E-state index < -0.39 is 132 Å². The SMILES string of the molecule is O=S(=O)(O)c1cc(S(=O)(=O)O)c2cc(OS(=O)(=O)c3cc(S(=O)(=O)O)cc4c(S(=O)(=O)O)cc(S(=O)(=O)O)cc34)c(S(=O)(=O)O)cc2c1. The van der Waals surface area contributed by atoms with Gasteiger partial charge in [0.25, 0.3) is 60.7 Å². The van der Waals surface area contributed by atoms with Crippen LogP contribution in [0.1, 0.15) is 0 Å². The second-order valence-corrected chi connectivity index (χ2v) is 19.2. The molecule has 4 aromatic rings. The first-order valence-corrected chi connectivity index (χ1v) is 21.4. The Bertz CT molecular complexity index is 2890. The van der Waals surface area contributed by atoms with E-state index in [1.165, 1.54) is 0 Å². The van der Waals surface area contributed by atoms with Gasteiger partial charge in [0.2, 0.25) is 0 Å². The molecule has 0 atom stereocenters. The predicted octanol–water partition coefficient (Wildman–Crippen LogP) is 0.241. The number of rotatable bonds is 9. The summed E-state index contributed by atoms with van der Waals surface area (Å²) in [6.45, 7) is 0. The Morgan fingerprint density at radius 3 is 1.10 bits per heavy atom. The molecule has 0 saturated heterocycles. The number of fused-ring (bicyclic) bond motifs is 2. The van der Waals surface area contributed by atoms with E-state index in [1.807, 2.05) is 0 Å². The Hall–Kier alpha value is -3.39. The van der Waals surface area contributed by atoms with Gasteiger partial charge >= 0.3 is 10.1 Å². The van der Waals surface area contributed by atoms with Crippen molar-refractivity contribution in [2.75, 3.05) is 0 Å². The molecule has 6 N–H and O–H groups in total. The van der Waals surface area contributed by atoms with E-state index in [0.717, 1.165) is 0 Å². The summed E-state index contributed by atoms with van der Waals surface area (Å²) in [7, 11) is -39.0. The predicted molar refractivity (Wildman–Crippen MR) is 155 cm³/mol. The van der Waals surface area contributed by atoms with E-state index in [0.29, 0.717) is 6.07 Å². The van der Waals surface area contributed by atoms with Crippen molar-refractivity contribution in [1.82, 2.24) is 0 Å².